The number of amides is 1. The second kappa shape index (κ2) is 11.1. The summed E-state index contributed by atoms with van der Waals surface area (Å²) in [6, 6.07) is 6.23. The highest BCUT2D eigenvalue weighted by Crippen LogP contribution is 2.34. The van der Waals surface area contributed by atoms with E-state index in [9.17, 15) is 9.59 Å². The van der Waals surface area contributed by atoms with Gasteiger partial charge in [-0.15, -0.1) is 0 Å². The molecular weight excluding hydrogens is 471 g/mol. The van der Waals surface area contributed by atoms with Crippen LogP contribution in [0.2, 0.25) is 10.2 Å². The van der Waals surface area contributed by atoms with E-state index in [1.807, 2.05) is 19.9 Å². The van der Waals surface area contributed by atoms with Crippen LogP contribution in [-0.2, 0) is 13.6 Å². The lowest BCUT2D eigenvalue weighted by Gasteiger charge is -2.40. The maximum absolute atomic E-state index is 13.2. The number of carbonyl (C=O) groups excluding carboxylic acids is 1. The first kappa shape index (κ1) is 26.6. The van der Waals surface area contributed by atoms with Crippen LogP contribution < -0.4 is 15.6 Å². The average Bonchev–Trinajstić information content (AvgIpc) is 2.80. The van der Waals surface area contributed by atoms with Gasteiger partial charge < -0.3 is 19.7 Å². The molecule has 8 heteroatoms. The van der Waals surface area contributed by atoms with E-state index < -0.39 is 0 Å². The molecular formula is C26H36Cl2N4O2. The summed E-state index contributed by atoms with van der Waals surface area (Å²) in [6.07, 6.45) is 4.54. The molecule has 6 nitrogen and oxygen atoms in total. The summed E-state index contributed by atoms with van der Waals surface area (Å²) in [6.45, 7) is 6.82. The van der Waals surface area contributed by atoms with Crippen LogP contribution in [0.25, 0.3) is 0 Å². The number of nitrogens with zero attached hydrogens (tertiary/aromatic N) is 3. The molecule has 186 valence electrons. The number of hydrogen-bond donors (Lipinski definition) is 1. The van der Waals surface area contributed by atoms with Crippen LogP contribution in [0.15, 0.2) is 23.0 Å². The standard InChI is InChI=1S/C26H36Cl2N4O2/c1-7-32(20-10-8-19(9-11-20)30(4)5)23-14-18(27)13-21(17(23)3)26(34)29-15-22-24(33)12-16(2)31(6)25(22)28/h12-14,19-20H,7-11,15H2,1-6H3,(H,29,34)/t19-,20-. The molecule has 1 aliphatic carbocycles. The minimum Gasteiger partial charge on any atom is -0.369 e. The van der Waals surface area contributed by atoms with E-state index in [1.165, 1.54) is 6.07 Å². The summed E-state index contributed by atoms with van der Waals surface area (Å²) in [5.41, 5.74) is 3.35. The Labute approximate surface area is 212 Å². The molecule has 0 radical (unpaired) electrons. The molecule has 1 aromatic carbocycles. The smallest absolute Gasteiger partial charge is 0.251 e. The van der Waals surface area contributed by atoms with Crippen molar-refractivity contribution in [3.63, 3.8) is 0 Å². The molecule has 0 saturated heterocycles. The second-order valence-corrected chi connectivity index (χ2v) is 10.3. The van der Waals surface area contributed by atoms with Gasteiger partial charge in [0.25, 0.3) is 5.91 Å². The van der Waals surface area contributed by atoms with Gasteiger partial charge in [-0.3, -0.25) is 9.59 Å². The second-order valence-electron chi connectivity index (χ2n) is 9.47. The van der Waals surface area contributed by atoms with E-state index >= 15 is 0 Å². The first-order chi connectivity index (χ1) is 16.0. The maximum Gasteiger partial charge on any atom is 0.251 e. The number of halogens is 2. The van der Waals surface area contributed by atoms with E-state index in [1.54, 1.807) is 17.7 Å². The van der Waals surface area contributed by atoms with Crippen LogP contribution in [0.5, 0.6) is 0 Å². The Kier molecular flexibility index (Phi) is 8.72. The normalized spacial score (nSPS) is 18.3. The molecule has 34 heavy (non-hydrogen) atoms. The summed E-state index contributed by atoms with van der Waals surface area (Å²) >= 11 is 12.9. The van der Waals surface area contributed by atoms with Crippen molar-refractivity contribution in [2.24, 2.45) is 7.05 Å². The largest absolute Gasteiger partial charge is 0.369 e. The first-order valence-corrected chi connectivity index (χ1v) is 12.7. The van der Waals surface area contributed by atoms with Crippen molar-refractivity contribution in [3.05, 3.63) is 61.0 Å². The van der Waals surface area contributed by atoms with Gasteiger partial charge in [0.05, 0.1) is 5.56 Å². The van der Waals surface area contributed by atoms with E-state index in [4.69, 9.17) is 23.2 Å². The summed E-state index contributed by atoms with van der Waals surface area (Å²) in [4.78, 5) is 30.3. The lowest BCUT2D eigenvalue weighted by molar-refractivity contribution is 0.0950. The first-order valence-electron chi connectivity index (χ1n) is 11.9. The highest BCUT2D eigenvalue weighted by molar-refractivity contribution is 6.31. The molecule has 3 rings (SSSR count). The lowest BCUT2D eigenvalue weighted by atomic mass is 9.89. The number of nitrogens with one attached hydrogen (secondary N) is 1. The van der Waals surface area contributed by atoms with Crippen molar-refractivity contribution >= 4 is 34.8 Å². The number of aryl methyl sites for hydroxylation is 1. The van der Waals surface area contributed by atoms with Crippen molar-refractivity contribution in [1.29, 1.82) is 0 Å². The Bertz CT molecular complexity index is 1100. The molecule has 1 N–H and O–H groups in total. The van der Waals surface area contributed by atoms with Gasteiger partial charge in [0, 0.05) is 60.3 Å². The number of pyridine rings is 1. The van der Waals surface area contributed by atoms with Crippen molar-refractivity contribution < 1.29 is 4.79 Å². The molecule has 1 saturated carbocycles. The Morgan fingerprint density at radius 1 is 1.09 bits per heavy atom. The zero-order valence-corrected chi connectivity index (χ0v) is 22.6. The third-order valence-corrected chi connectivity index (χ3v) is 7.91. The summed E-state index contributed by atoms with van der Waals surface area (Å²) < 4.78 is 1.73. The predicted molar refractivity (Wildman–Crippen MR) is 142 cm³/mol. The number of carbonyl (C=O) groups is 1. The fraction of sp³-hybridized carbons (Fsp3) is 0.538. The lowest BCUT2D eigenvalue weighted by Crippen LogP contribution is -2.42. The minimum atomic E-state index is -0.271. The maximum atomic E-state index is 13.2. The molecule has 0 aliphatic heterocycles. The highest BCUT2D eigenvalue weighted by Gasteiger charge is 2.28. The Morgan fingerprint density at radius 3 is 2.29 bits per heavy atom. The number of hydrogen-bond acceptors (Lipinski definition) is 4. The molecule has 0 atom stereocenters. The predicted octanol–water partition coefficient (Wildman–Crippen LogP) is 4.94. The Morgan fingerprint density at radius 2 is 1.71 bits per heavy atom. The van der Waals surface area contributed by atoms with Crippen molar-refractivity contribution in [1.82, 2.24) is 14.8 Å². The zero-order chi connectivity index (χ0) is 25.2. The van der Waals surface area contributed by atoms with Crippen molar-refractivity contribution in [2.75, 3.05) is 25.5 Å². The minimum absolute atomic E-state index is 0.0535. The van der Waals surface area contributed by atoms with Gasteiger partial charge in [0.15, 0.2) is 5.43 Å². The molecule has 1 aliphatic rings. The summed E-state index contributed by atoms with van der Waals surface area (Å²) in [7, 11) is 6.09. The van der Waals surface area contributed by atoms with E-state index in [2.05, 4.69) is 36.1 Å². The van der Waals surface area contributed by atoms with E-state index in [-0.39, 0.29) is 17.9 Å². The number of aromatic nitrogens is 1. The van der Waals surface area contributed by atoms with Crippen LogP contribution in [-0.4, -0.2) is 48.1 Å². The number of rotatable bonds is 7. The molecule has 0 bridgehead atoms. The number of anilines is 1. The fourth-order valence-corrected chi connectivity index (χ4v) is 5.47. The van der Waals surface area contributed by atoms with Gasteiger partial charge in [-0.1, -0.05) is 23.2 Å². The van der Waals surface area contributed by atoms with Crippen LogP contribution in [0.3, 0.4) is 0 Å². The van der Waals surface area contributed by atoms with Crippen LogP contribution in [0.1, 0.15) is 59.8 Å². The summed E-state index contributed by atoms with van der Waals surface area (Å²) in [5.74, 6) is -0.271. The molecule has 1 aromatic heterocycles. The molecule has 2 aromatic rings. The van der Waals surface area contributed by atoms with Crippen LogP contribution >= 0.6 is 23.2 Å². The van der Waals surface area contributed by atoms with E-state index in [0.717, 1.165) is 49.2 Å². The van der Waals surface area contributed by atoms with Gasteiger partial charge in [0.2, 0.25) is 0 Å². The van der Waals surface area contributed by atoms with Crippen molar-refractivity contribution in [2.45, 2.75) is 65.1 Å². The SMILES string of the molecule is CCN(c1cc(Cl)cc(C(=O)NCc2c(Cl)n(C)c(C)cc2=O)c1C)[C@H]1CC[C@H](N(C)C)CC1. The van der Waals surface area contributed by atoms with Crippen LogP contribution in [0.4, 0.5) is 5.69 Å². The third kappa shape index (κ3) is 5.61. The van der Waals surface area contributed by atoms with Crippen LogP contribution in [0, 0.1) is 13.8 Å². The van der Waals surface area contributed by atoms with Gasteiger partial charge in [-0.25, -0.2) is 0 Å². The molecule has 1 amide bonds. The molecule has 0 unspecified atom stereocenters. The molecule has 1 fully saturated rings. The molecule has 1 heterocycles. The monoisotopic (exact) mass is 506 g/mol. The number of benzene rings is 1. The van der Waals surface area contributed by atoms with Gasteiger partial charge in [0.1, 0.15) is 5.15 Å². The average molecular weight is 508 g/mol. The zero-order valence-electron chi connectivity index (χ0n) is 21.0. The van der Waals surface area contributed by atoms with Crippen molar-refractivity contribution in [3.8, 4) is 0 Å². The topological polar surface area (TPSA) is 57.6 Å². The fourth-order valence-electron chi connectivity index (χ4n) is 4.97. The Hall–Kier alpha value is -2.02. The van der Waals surface area contributed by atoms with Gasteiger partial charge in [-0.2, -0.15) is 0 Å². The third-order valence-electron chi connectivity index (χ3n) is 7.21. The molecule has 0 spiro atoms. The Balaban J connectivity index is 1.83. The van der Waals surface area contributed by atoms with E-state index in [0.29, 0.717) is 33.4 Å². The summed E-state index contributed by atoms with van der Waals surface area (Å²) in [5, 5.41) is 3.73. The van der Waals surface area contributed by atoms with Gasteiger partial charge in [-0.05, 0) is 78.2 Å². The quantitative estimate of drug-likeness (QED) is 0.540. The highest BCUT2D eigenvalue weighted by atomic mass is 35.5. The van der Waals surface area contributed by atoms with Gasteiger partial charge >= 0.3 is 0 Å².